The molecule has 7 heterocycles. The quantitative estimate of drug-likeness (QED) is 0.124. The molecule has 6 aliphatic heterocycles. The van der Waals surface area contributed by atoms with Gasteiger partial charge in [0.05, 0.1) is 44.9 Å². The third-order valence-electron chi connectivity index (χ3n) is 13.3. The molecule has 0 spiro atoms. The van der Waals surface area contributed by atoms with Crippen LogP contribution in [0, 0.1) is 12.8 Å². The average Bonchev–Trinajstić information content (AvgIpc) is 3.52. The molecule has 3 aromatic carbocycles. The summed E-state index contributed by atoms with van der Waals surface area (Å²) in [4.78, 5) is 68.6. The lowest BCUT2D eigenvalue weighted by Crippen LogP contribution is -2.69. The van der Waals surface area contributed by atoms with Gasteiger partial charge in [0.25, 0.3) is 11.8 Å². The molecular formula is C47H54ClN9O7S. The van der Waals surface area contributed by atoms with Crippen LogP contribution in [0.25, 0.3) is 0 Å². The van der Waals surface area contributed by atoms with Crippen molar-refractivity contribution in [3.63, 3.8) is 0 Å². The molecule has 342 valence electrons. The molecule has 10 rings (SSSR count). The number of rotatable bonds is 13. The molecule has 5 fully saturated rings. The standard InChI is InChI=1S/C47H54ClN9O7S/c1-26(2)64-40-21-39(28(5)18-37(40)51-47-49-22-35(48)43(53-47)50-36-8-6-7-9-41(36)65(62,63)27(3)4)54-16-14-29(15-17-54)23-56-31-19-32(56)25-55(24-31)30-10-11-33-34(20-30)46(61)57(45(33)60)38-12-13-42(58)52-44(38)59/h6-11,18,20-22,26-27,29,31-32,38H,12-17,19,23-25H2,1-5H3,(H,52,58,59)(H2,49,50,51,53). The minimum Gasteiger partial charge on any atom is -0.489 e. The highest BCUT2D eigenvalue weighted by molar-refractivity contribution is 7.92. The number of piperidine rings is 3. The summed E-state index contributed by atoms with van der Waals surface area (Å²) in [5.74, 6) is -0.245. The molecule has 0 radical (unpaired) electrons. The first kappa shape index (κ1) is 44.4. The summed E-state index contributed by atoms with van der Waals surface area (Å²) in [6.45, 7) is 13.9. The van der Waals surface area contributed by atoms with E-state index in [2.05, 4.69) is 53.6 Å². The van der Waals surface area contributed by atoms with Gasteiger partial charge in [-0.25, -0.2) is 13.4 Å². The minimum atomic E-state index is -3.58. The van der Waals surface area contributed by atoms with Gasteiger partial charge in [0.1, 0.15) is 16.8 Å². The first-order valence-electron chi connectivity index (χ1n) is 22.4. The lowest BCUT2D eigenvalue weighted by Gasteiger charge is -2.58. The number of sulfone groups is 1. The number of nitrogens with zero attached hydrogens (tertiary/aromatic N) is 6. The van der Waals surface area contributed by atoms with Crippen molar-refractivity contribution in [2.75, 3.05) is 53.2 Å². The fourth-order valence-corrected chi connectivity index (χ4v) is 11.1. The van der Waals surface area contributed by atoms with E-state index >= 15 is 0 Å². The van der Waals surface area contributed by atoms with Gasteiger partial charge in [-0.2, -0.15) is 4.98 Å². The van der Waals surface area contributed by atoms with Crippen LogP contribution in [-0.2, 0) is 19.4 Å². The zero-order valence-corrected chi connectivity index (χ0v) is 38.7. The lowest BCUT2D eigenvalue weighted by molar-refractivity contribution is -0.136. The maximum Gasteiger partial charge on any atom is 0.262 e. The fraction of sp³-hybridized carbons (Fsp3) is 0.447. The van der Waals surface area contributed by atoms with Crippen LogP contribution in [0.1, 0.15) is 86.1 Å². The largest absolute Gasteiger partial charge is 0.489 e. The lowest BCUT2D eigenvalue weighted by atomic mass is 9.84. The molecule has 1 aromatic heterocycles. The molecule has 2 bridgehead atoms. The predicted molar refractivity (Wildman–Crippen MR) is 248 cm³/mol. The maximum absolute atomic E-state index is 13.5. The molecule has 3 unspecified atom stereocenters. The van der Waals surface area contributed by atoms with Crippen molar-refractivity contribution in [2.45, 2.75) is 101 Å². The Kier molecular flexibility index (Phi) is 12.0. The van der Waals surface area contributed by atoms with E-state index in [1.807, 2.05) is 26.0 Å². The summed E-state index contributed by atoms with van der Waals surface area (Å²) in [5, 5.41) is 8.32. The molecule has 0 saturated carbocycles. The summed E-state index contributed by atoms with van der Waals surface area (Å²) < 4.78 is 32.6. The molecule has 3 atom stereocenters. The van der Waals surface area contributed by atoms with Crippen LogP contribution < -0.4 is 30.5 Å². The van der Waals surface area contributed by atoms with E-state index in [-0.39, 0.29) is 40.6 Å². The predicted octanol–water partition coefficient (Wildman–Crippen LogP) is 6.48. The number of aromatic nitrogens is 2. The van der Waals surface area contributed by atoms with E-state index < -0.39 is 44.8 Å². The van der Waals surface area contributed by atoms with Gasteiger partial charge < -0.3 is 25.2 Å². The van der Waals surface area contributed by atoms with Crippen LogP contribution in [0.3, 0.4) is 0 Å². The SMILES string of the molecule is Cc1cc(Nc2ncc(Cl)c(Nc3ccccc3S(=O)(=O)C(C)C)n2)c(OC(C)C)cc1N1CCC(CN2C3CC2CN(c2ccc4c(c2)C(=O)N(C2CCC(=O)NC2=O)C4=O)C3)CC1. The van der Waals surface area contributed by atoms with Crippen LogP contribution in [0.15, 0.2) is 65.7 Å². The Morgan fingerprint density at radius 1 is 0.877 bits per heavy atom. The number of hydrogen-bond donors (Lipinski definition) is 3. The zero-order chi connectivity index (χ0) is 45.9. The Morgan fingerprint density at radius 2 is 1.60 bits per heavy atom. The summed E-state index contributed by atoms with van der Waals surface area (Å²) in [5.41, 5.74) is 4.74. The van der Waals surface area contributed by atoms with E-state index in [1.54, 1.807) is 50.2 Å². The highest BCUT2D eigenvalue weighted by Gasteiger charge is 2.47. The van der Waals surface area contributed by atoms with Gasteiger partial charge in [-0.3, -0.25) is 34.3 Å². The molecule has 16 nitrogen and oxygen atoms in total. The number of halogens is 1. The van der Waals surface area contributed by atoms with E-state index in [4.69, 9.17) is 16.3 Å². The van der Waals surface area contributed by atoms with Crippen molar-refractivity contribution >= 4 is 79.6 Å². The highest BCUT2D eigenvalue weighted by atomic mass is 35.5. The Balaban J connectivity index is 0.821. The normalized spacial score (nSPS) is 21.5. The van der Waals surface area contributed by atoms with Crippen molar-refractivity contribution in [1.82, 2.24) is 25.1 Å². The number of nitrogens with one attached hydrogen (secondary N) is 3. The Morgan fingerprint density at radius 3 is 2.31 bits per heavy atom. The number of carbonyl (C=O) groups excluding carboxylic acids is 4. The second-order valence-electron chi connectivity index (χ2n) is 18.3. The number of imide groups is 2. The highest BCUT2D eigenvalue weighted by Crippen LogP contribution is 2.41. The first-order chi connectivity index (χ1) is 31.0. The van der Waals surface area contributed by atoms with Crippen LogP contribution in [0.2, 0.25) is 5.02 Å². The number of fused-ring (bicyclic) bond motifs is 3. The zero-order valence-electron chi connectivity index (χ0n) is 37.1. The first-order valence-corrected chi connectivity index (χ1v) is 24.3. The Bertz CT molecular complexity index is 2680. The molecular weight excluding hydrogens is 870 g/mol. The van der Waals surface area contributed by atoms with Crippen LogP contribution >= 0.6 is 11.6 Å². The van der Waals surface area contributed by atoms with Gasteiger partial charge in [-0.15, -0.1) is 0 Å². The minimum absolute atomic E-state index is 0.0853. The Hall–Kier alpha value is -5.78. The summed E-state index contributed by atoms with van der Waals surface area (Å²) in [6.07, 6.45) is 4.83. The number of piperazine rings is 1. The molecule has 3 N–H and O–H groups in total. The second-order valence-corrected chi connectivity index (χ2v) is 21.2. The maximum atomic E-state index is 13.5. The molecule has 0 aliphatic carbocycles. The van der Waals surface area contributed by atoms with Gasteiger partial charge in [-0.1, -0.05) is 23.7 Å². The number of ether oxygens (including phenoxy) is 1. The third kappa shape index (κ3) is 8.61. The van der Waals surface area contributed by atoms with Crippen molar-refractivity contribution in [1.29, 1.82) is 0 Å². The molecule has 18 heteroatoms. The molecule has 65 heavy (non-hydrogen) atoms. The number of para-hydroxylation sites is 1. The van der Waals surface area contributed by atoms with Gasteiger partial charge in [0.15, 0.2) is 15.7 Å². The average molecular weight is 925 g/mol. The van der Waals surface area contributed by atoms with Gasteiger partial charge in [0, 0.05) is 68.7 Å². The van der Waals surface area contributed by atoms with Crippen molar-refractivity contribution < 1.29 is 32.3 Å². The van der Waals surface area contributed by atoms with Gasteiger partial charge >= 0.3 is 0 Å². The number of hydrogen-bond acceptors (Lipinski definition) is 14. The number of aryl methyl sites for hydroxylation is 1. The molecule has 4 aromatic rings. The van der Waals surface area contributed by atoms with Crippen molar-refractivity contribution in [3.05, 3.63) is 82.5 Å². The molecule has 5 saturated heterocycles. The smallest absolute Gasteiger partial charge is 0.262 e. The topological polar surface area (TPSA) is 186 Å². The van der Waals surface area contributed by atoms with Crippen molar-refractivity contribution in [2.24, 2.45) is 5.92 Å². The van der Waals surface area contributed by atoms with Crippen LogP contribution in [0.5, 0.6) is 5.75 Å². The van der Waals surface area contributed by atoms with E-state index in [0.717, 1.165) is 73.8 Å². The third-order valence-corrected chi connectivity index (χ3v) is 15.8. The van der Waals surface area contributed by atoms with E-state index in [0.29, 0.717) is 46.3 Å². The Labute approximate surface area is 384 Å². The van der Waals surface area contributed by atoms with Gasteiger partial charge in [0.2, 0.25) is 17.8 Å². The van der Waals surface area contributed by atoms with Crippen LogP contribution in [-0.4, -0.2) is 114 Å². The number of benzene rings is 3. The van der Waals surface area contributed by atoms with E-state index in [1.165, 1.54) is 6.20 Å². The summed E-state index contributed by atoms with van der Waals surface area (Å²) in [7, 11) is -3.58. The summed E-state index contributed by atoms with van der Waals surface area (Å²) in [6, 6.07) is 16.0. The fourth-order valence-electron chi connectivity index (χ4n) is 9.81. The van der Waals surface area contributed by atoms with Crippen LogP contribution in [0.4, 0.5) is 34.5 Å². The monoisotopic (exact) mass is 923 g/mol. The van der Waals surface area contributed by atoms with Crippen molar-refractivity contribution in [3.8, 4) is 5.75 Å². The summed E-state index contributed by atoms with van der Waals surface area (Å²) >= 11 is 6.53. The van der Waals surface area contributed by atoms with E-state index in [9.17, 15) is 27.6 Å². The number of carbonyl (C=O) groups is 4. The number of amides is 4. The number of anilines is 6. The second kappa shape index (κ2) is 17.5. The molecule has 4 amide bonds. The van der Waals surface area contributed by atoms with Gasteiger partial charge in [-0.05, 0) is 108 Å². The molecule has 6 aliphatic rings.